The van der Waals surface area contributed by atoms with Crippen LogP contribution in [0.1, 0.15) is 18.1 Å². The van der Waals surface area contributed by atoms with E-state index < -0.39 is 10.0 Å². The molecule has 29 heavy (non-hydrogen) atoms. The van der Waals surface area contributed by atoms with Crippen LogP contribution in [0.15, 0.2) is 64.5 Å². The van der Waals surface area contributed by atoms with Crippen LogP contribution in [0.2, 0.25) is 0 Å². The lowest BCUT2D eigenvalue weighted by atomic mass is 10.2. The number of halogens is 1. The summed E-state index contributed by atoms with van der Waals surface area (Å²) < 4.78 is 31.7. The lowest BCUT2D eigenvalue weighted by molar-refractivity contribution is 0.204. The van der Waals surface area contributed by atoms with E-state index in [0.717, 1.165) is 17.7 Å². The first-order valence-electron chi connectivity index (χ1n) is 9.19. The van der Waals surface area contributed by atoms with E-state index in [4.69, 9.17) is 4.74 Å². The number of aliphatic imine (C=N–C) groups is 1. The van der Waals surface area contributed by atoms with Gasteiger partial charge in [0.2, 0.25) is 10.0 Å². The highest BCUT2D eigenvalue weighted by Gasteiger charge is 2.12. The molecule has 0 spiro atoms. The maximum Gasteiger partial charge on any atom is 0.240 e. The van der Waals surface area contributed by atoms with Crippen LogP contribution in [0.3, 0.4) is 0 Å². The first-order valence-corrected chi connectivity index (χ1v) is 10.7. The molecule has 0 aromatic heterocycles. The van der Waals surface area contributed by atoms with Gasteiger partial charge in [-0.25, -0.2) is 18.1 Å². The Labute approximate surface area is 190 Å². The Morgan fingerprint density at radius 2 is 1.69 bits per heavy atom. The second-order valence-electron chi connectivity index (χ2n) is 6.07. The number of hydrogen-bond donors (Lipinski definition) is 3. The molecule has 0 aliphatic heterocycles. The Morgan fingerprint density at radius 3 is 2.31 bits per heavy atom. The first-order chi connectivity index (χ1) is 13.5. The topological polar surface area (TPSA) is 91.8 Å². The number of rotatable bonds is 10. The van der Waals surface area contributed by atoms with Crippen molar-refractivity contribution in [2.75, 3.05) is 26.8 Å². The summed E-state index contributed by atoms with van der Waals surface area (Å²) >= 11 is 0. The first kappa shape index (κ1) is 25.3. The summed E-state index contributed by atoms with van der Waals surface area (Å²) in [6, 6.07) is 16.8. The minimum atomic E-state index is -3.51. The number of ether oxygens (including phenoxy) is 1. The predicted molar refractivity (Wildman–Crippen MR) is 127 cm³/mol. The van der Waals surface area contributed by atoms with Gasteiger partial charge in [0.25, 0.3) is 0 Å². The summed E-state index contributed by atoms with van der Waals surface area (Å²) in [7, 11) is -1.99. The molecular formula is C20H29IN4O3S. The summed E-state index contributed by atoms with van der Waals surface area (Å²) in [6.07, 6.45) is 0. The number of guanidine groups is 1. The molecule has 0 heterocycles. The maximum absolute atomic E-state index is 12.2. The largest absolute Gasteiger partial charge is 0.383 e. The molecule has 9 heteroatoms. The zero-order valence-electron chi connectivity index (χ0n) is 16.7. The second-order valence-corrected chi connectivity index (χ2v) is 7.84. The van der Waals surface area contributed by atoms with Crippen molar-refractivity contribution in [1.29, 1.82) is 0 Å². The molecule has 160 valence electrons. The molecule has 0 aliphatic rings. The molecule has 2 aromatic rings. The van der Waals surface area contributed by atoms with E-state index >= 15 is 0 Å². The molecule has 0 bridgehead atoms. The SMILES string of the molecule is CCNC(=NCc1ccccc1)NCc1ccc(S(=O)(=O)NCCOC)cc1.I. The van der Waals surface area contributed by atoms with Gasteiger partial charge in [0.15, 0.2) is 5.96 Å². The van der Waals surface area contributed by atoms with Gasteiger partial charge < -0.3 is 15.4 Å². The van der Waals surface area contributed by atoms with Gasteiger partial charge in [-0.3, -0.25) is 0 Å². The average Bonchev–Trinajstić information content (AvgIpc) is 2.71. The zero-order chi connectivity index (χ0) is 20.2. The molecule has 3 N–H and O–H groups in total. The fourth-order valence-electron chi connectivity index (χ4n) is 2.43. The van der Waals surface area contributed by atoms with Crippen molar-refractivity contribution in [1.82, 2.24) is 15.4 Å². The summed E-state index contributed by atoms with van der Waals surface area (Å²) in [6.45, 7) is 4.46. The van der Waals surface area contributed by atoms with E-state index in [2.05, 4.69) is 20.3 Å². The molecule has 7 nitrogen and oxygen atoms in total. The molecule has 0 fully saturated rings. The lowest BCUT2D eigenvalue weighted by Gasteiger charge is -2.12. The highest BCUT2D eigenvalue weighted by Crippen LogP contribution is 2.10. The van der Waals surface area contributed by atoms with Crippen molar-refractivity contribution in [3.8, 4) is 0 Å². The minimum Gasteiger partial charge on any atom is -0.383 e. The third-order valence-electron chi connectivity index (χ3n) is 3.90. The van der Waals surface area contributed by atoms with E-state index in [1.165, 1.54) is 7.11 Å². The van der Waals surface area contributed by atoms with Gasteiger partial charge in [-0.05, 0) is 30.2 Å². The number of benzene rings is 2. The number of nitrogens with zero attached hydrogens (tertiary/aromatic N) is 1. The van der Waals surface area contributed by atoms with Gasteiger partial charge in [-0.15, -0.1) is 24.0 Å². The molecule has 0 amide bonds. The van der Waals surface area contributed by atoms with Gasteiger partial charge in [0.1, 0.15) is 0 Å². The zero-order valence-corrected chi connectivity index (χ0v) is 19.9. The normalized spacial score (nSPS) is 11.6. The van der Waals surface area contributed by atoms with Crippen LogP contribution in [-0.2, 0) is 27.8 Å². The Morgan fingerprint density at radius 1 is 1.00 bits per heavy atom. The number of sulfonamides is 1. The quantitative estimate of drug-likeness (QED) is 0.189. The molecule has 0 atom stereocenters. The van der Waals surface area contributed by atoms with Crippen LogP contribution in [0.4, 0.5) is 0 Å². The van der Waals surface area contributed by atoms with Crippen LogP contribution in [-0.4, -0.2) is 41.2 Å². The second kappa shape index (κ2) is 13.5. The fraction of sp³-hybridized carbons (Fsp3) is 0.350. The highest BCUT2D eigenvalue weighted by atomic mass is 127. The smallest absolute Gasteiger partial charge is 0.240 e. The summed E-state index contributed by atoms with van der Waals surface area (Å²) in [5.41, 5.74) is 2.09. The summed E-state index contributed by atoms with van der Waals surface area (Å²) in [4.78, 5) is 4.81. The Kier molecular flexibility index (Phi) is 11.8. The number of hydrogen-bond acceptors (Lipinski definition) is 4. The van der Waals surface area contributed by atoms with Crippen molar-refractivity contribution in [2.45, 2.75) is 24.9 Å². The van der Waals surface area contributed by atoms with Crippen LogP contribution >= 0.6 is 24.0 Å². The minimum absolute atomic E-state index is 0. The third-order valence-corrected chi connectivity index (χ3v) is 5.38. The molecule has 0 saturated carbocycles. The van der Waals surface area contributed by atoms with Crippen LogP contribution < -0.4 is 15.4 Å². The molecule has 0 saturated heterocycles. The van der Waals surface area contributed by atoms with Gasteiger partial charge >= 0.3 is 0 Å². The van der Waals surface area contributed by atoms with E-state index in [1.807, 2.05) is 37.3 Å². The van der Waals surface area contributed by atoms with Crippen molar-refractivity contribution >= 4 is 40.0 Å². The Bertz CT molecular complexity index is 844. The van der Waals surface area contributed by atoms with Gasteiger partial charge in [-0.1, -0.05) is 42.5 Å². The van der Waals surface area contributed by atoms with Crippen LogP contribution in [0.5, 0.6) is 0 Å². The Hall–Kier alpha value is -1.69. The van der Waals surface area contributed by atoms with Gasteiger partial charge in [0, 0.05) is 26.7 Å². The molecular weight excluding hydrogens is 503 g/mol. The molecule has 2 aromatic carbocycles. The van der Waals surface area contributed by atoms with Crippen molar-refractivity contribution in [3.05, 3.63) is 65.7 Å². The third kappa shape index (κ3) is 9.11. The summed E-state index contributed by atoms with van der Waals surface area (Å²) in [5.74, 6) is 0.712. The summed E-state index contributed by atoms with van der Waals surface area (Å²) in [5, 5.41) is 6.47. The molecule has 2 rings (SSSR count). The molecule has 0 aliphatic carbocycles. The standard InChI is InChI=1S/C20H28N4O3S.HI/c1-3-21-20(22-15-17-7-5-4-6-8-17)23-16-18-9-11-19(12-10-18)28(25,26)24-13-14-27-2;/h4-12,24H,3,13-16H2,1-2H3,(H2,21,22,23);1H. The molecule has 0 unspecified atom stereocenters. The van der Waals surface area contributed by atoms with Crippen molar-refractivity contribution < 1.29 is 13.2 Å². The van der Waals surface area contributed by atoms with Crippen LogP contribution in [0, 0.1) is 0 Å². The van der Waals surface area contributed by atoms with E-state index in [0.29, 0.717) is 25.7 Å². The van der Waals surface area contributed by atoms with E-state index in [-0.39, 0.29) is 35.4 Å². The number of methoxy groups -OCH3 is 1. The number of nitrogens with one attached hydrogen (secondary N) is 3. The van der Waals surface area contributed by atoms with Crippen molar-refractivity contribution in [2.24, 2.45) is 4.99 Å². The van der Waals surface area contributed by atoms with Crippen LogP contribution in [0.25, 0.3) is 0 Å². The van der Waals surface area contributed by atoms with E-state index in [1.54, 1.807) is 24.3 Å². The maximum atomic E-state index is 12.2. The van der Waals surface area contributed by atoms with Gasteiger partial charge in [0.05, 0.1) is 18.0 Å². The average molecular weight is 532 g/mol. The lowest BCUT2D eigenvalue weighted by Crippen LogP contribution is -2.36. The van der Waals surface area contributed by atoms with E-state index in [9.17, 15) is 8.42 Å². The Balaban J connectivity index is 0.00000420. The fourth-order valence-corrected chi connectivity index (χ4v) is 3.44. The highest BCUT2D eigenvalue weighted by molar-refractivity contribution is 14.0. The van der Waals surface area contributed by atoms with Gasteiger partial charge in [-0.2, -0.15) is 0 Å². The van der Waals surface area contributed by atoms with Crippen molar-refractivity contribution in [3.63, 3.8) is 0 Å². The predicted octanol–water partition coefficient (Wildman–Crippen LogP) is 2.48. The molecule has 0 radical (unpaired) electrons. The monoisotopic (exact) mass is 532 g/mol.